The number of carbonyl (C=O) groups is 1. The average Bonchev–Trinajstić information content (AvgIpc) is 3.53. The lowest BCUT2D eigenvalue weighted by atomic mass is 10.0. The number of carboxylic acid groups (broad SMARTS) is 1. The van der Waals surface area contributed by atoms with Crippen molar-refractivity contribution in [1.82, 2.24) is 14.9 Å². The molecule has 29 heavy (non-hydrogen) atoms. The van der Waals surface area contributed by atoms with Crippen LogP contribution in [0.5, 0.6) is 0 Å². The van der Waals surface area contributed by atoms with Crippen molar-refractivity contribution in [2.75, 3.05) is 31.6 Å². The van der Waals surface area contributed by atoms with Crippen LogP contribution in [0.1, 0.15) is 42.1 Å². The van der Waals surface area contributed by atoms with E-state index in [4.69, 9.17) is 11.6 Å². The van der Waals surface area contributed by atoms with Gasteiger partial charge in [0.25, 0.3) is 0 Å². The van der Waals surface area contributed by atoms with Gasteiger partial charge in [-0.3, -0.25) is 4.79 Å². The van der Waals surface area contributed by atoms with Crippen molar-refractivity contribution in [1.29, 1.82) is 0 Å². The highest BCUT2D eigenvalue weighted by Gasteiger charge is 2.29. The Balaban J connectivity index is 1.74. The van der Waals surface area contributed by atoms with Crippen LogP contribution in [0.15, 0.2) is 27.7 Å². The first-order chi connectivity index (χ1) is 13.9. The van der Waals surface area contributed by atoms with Crippen LogP contribution in [0.3, 0.4) is 0 Å². The summed E-state index contributed by atoms with van der Waals surface area (Å²) in [7, 11) is 1.83. The van der Waals surface area contributed by atoms with E-state index >= 15 is 0 Å². The van der Waals surface area contributed by atoms with Gasteiger partial charge >= 0.3 is 5.97 Å². The minimum Gasteiger partial charge on any atom is -0.477 e. The fourth-order valence-electron chi connectivity index (χ4n) is 3.78. The Morgan fingerprint density at radius 2 is 2.07 bits per heavy atom. The number of hydrogen-bond donors (Lipinski definition) is 2. The van der Waals surface area contributed by atoms with Gasteiger partial charge in [-0.25, -0.2) is 14.2 Å². The highest BCUT2D eigenvalue weighted by Crippen LogP contribution is 2.37. The summed E-state index contributed by atoms with van der Waals surface area (Å²) in [5.41, 5.74) is 0.434. The van der Waals surface area contributed by atoms with E-state index in [0.29, 0.717) is 38.1 Å². The molecule has 1 aliphatic carbocycles. The molecule has 2 aromatic heterocycles. The summed E-state index contributed by atoms with van der Waals surface area (Å²) in [4.78, 5) is 30.3. The Hall–Kier alpha value is -2.45. The van der Waals surface area contributed by atoms with Gasteiger partial charge in [-0.1, -0.05) is 17.2 Å². The van der Waals surface area contributed by atoms with Crippen LogP contribution in [-0.2, 0) is 0 Å². The van der Waals surface area contributed by atoms with Gasteiger partial charge in [0.05, 0.1) is 5.39 Å². The summed E-state index contributed by atoms with van der Waals surface area (Å²) in [6.45, 7) is 1.76. The fourth-order valence-corrected chi connectivity index (χ4v) is 4.11. The van der Waals surface area contributed by atoms with Crippen molar-refractivity contribution in [3.8, 4) is 0 Å². The number of carboxylic acids is 1. The van der Waals surface area contributed by atoms with E-state index in [9.17, 15) is 19.1 Å². The number of rotatable bonds is 5. The number of nitrogens with one attached hydrogen (secondary N) is 1. The van der Waals surface area contributed by atoms with E-state index in [0.717, 1.165) is 29.5 Å². The number of aromatic nitrogens is 2. The van der Waals surface area contributed by atoms with Gasteiger partial charge in [-0.15, -0.1) is 0 Å². The second kappa shape index (κ2) is 7.76. The number of anilines is 1. The van der Waals surface area contributed by atoms with Crippen LogP contribution in [0.4, 0.5) is 10.2 Å². The molecule has 0 unspecified atom stereocenters. The zero-order valence-corrected chi connectivity index (χ0v) is 16.8. The monoisotopic (exact) mass is 420 g/mol. The molecule has 1 aliphatic heterocycles. The highest BCUT2D eigenvalue weighted by molar-refractivity contribution is 6.30. The zero-order valence-electron chi connectivity index (χ0n) is 16.0. The van der Waals surface area contributed by atoms with Gasteiger partial charge in [-0.2, -0.15) is 0 Å². The number of halogens is 2. The van der Waals surface area contributed by atoms with E-state index in [2.05, 4.69) is 10.3 Å². The first-order valence-corrected chi connectivity index (χ1v) is 10.0. The molecule has 2 fully saturated rings. The number of piperidine rings is 1. The number of aromatic carboxylic acids is 1. The summed E-state index contributed by atoms with van der Waals surface area (Å²) >= 11 is 6.31. The molecule has 2 N–H and O–H groups in total. The van der Waals surface area contributed by atoms with Crippen molar-refractivity contribution in [3.63, 3.8) is 0 Å². The van der Waals surface area contributed by atoms with Gasteiger partial charge in [-0.05, 0) is 38.8 Å². The largest absolute Gasteiger partial charge is 0.477 e. The molecule has 0 spiro atoms. The van der Waals surface area contributed by atoms with Crippen LogP contribution >= 0.6 is 11.6 Å². The summed E-state index contributed by atoms with van der Waals surface area (Å²) < 4.78 is 16.6. The molecule has 4 rings (SSSR count). The predicted molar refractivity (Wildman–Crippen MR) is 109 cm³/mol. The van der Waals surface area contributed by atoms with Crippen molar-refractivity contribution in [2.45, 2.75) is 31.7 Å². The summed E-state index contributed by atoms with van der Waals surface area (Å²) in [5, 5.41) is 13.2. The van der Waals surface area contributed by atoms with Crippen LogP contribution in [-0.4, -0.2) is 47.3 Å². The third kappa shape index (κ3) is 3.74. The molecule has 2 aliphatic rings. The molecule has 0 bridgehead atoms. The Labute approximate surface area is 171 Å². The lowest BCUT2D eigenvalue weighted by molar-refractivity contribution is 0.0695. The summed E-state index contributed by atoms with van der Waals surface area (Å²) in [6.07, 6.45) is 4.54. The second-order valence-corrected chi connectivity index (χ2v) is 7.96. The Bertz CT molecular complexity index is 1070. The number of fused-ring (bicyclic) bond motifs is 1. The van der Waals surface area contributed by atoms with E-state index in [1.165, 1.54) is 6.20 Å². The molecule has 1 saturated carbocycles. The van der Waals surface area contributed by atoms with Crippen LogP contribution in [0, 0.1) is 5.82 Å². The molecule has 7 nitrogen and oxygen atoms in total. The van der Waals surface area contributed by atoms with Gasteiger partial charge in [0, 0.05) is 36.9 Å². The molecule has 9 heteroatoms. The van der Waals surface area contributed by atoms with E-state index in [-0.39, 0.29) is 22.8 Å². The van der Waals surface area contributed by atoms with Crippen molar-refractivity contribution in [3.05, 3.63) is 44.5 Å². The second-order valence-electron chi connectivity index (χ2n) is 7.51. The van der Waals surface area contributed by atoms with Crippen molar-refractivity contribution in [2.24, 2.45) is 0 Å². The van der Waals surface area contributed by atoms with Crippen LogP contribution in [0.25, 0.3) is 11.0 Å². The minimum absolute atomic E-state index is 0.00714. The summed E-state index contributed by atoms with van der Waals surface area (Å²) in [6, 6.07) is 1.23. The van der Waals surface area contributed by atoms with E-state index < -0.39 is 17.2 Å². The topological polar surface area (TPSA) is 87.5 Å². The van der Waals surface area contributed by atoms with Crippen LogP contribution in [0.2, 0.25) is 0 Å². The van der Waals surface area contributed by atoms with E-state index in [1.54, 1.807) is 4.57 Å². The number of likely N-dealkylation sites (N-methyl/N-ethyl adjacent to an activating group) is 1. The Morgan fingerprint density at radius 3 is 2.66 bits per heavy atom. The first kappa shape index (κ1) is 19.8. The van der Waals surface area contributed by atoms with Crippen LogP contribution < -0.4 is 15.6 Å². The van der Waals surface area contributed by atoms with Gasteiger partial charge in [0.1, 0.15) is 11.2 Å². The highest BCUT2D eigenvalue weighted by atomic mass is 35.5. The molecule has 0 radical (unpaired) electrons. The van der Waals surface area contributed by atoms with Gasteiger partial charge in [0.15, 0.2) is 11.6 Å². The van der Waals surface area contributed by atoms with Crippen molar-refractivity contribution < 1.29 is 14.3 Å². The minimum atomic E-state index is -1.32. The zero-order chi connectivity index (χ0) is 20.7. The Morgan fingerprint density at radius 1 is 1.38 bits per heavy atom. The first-order valence-electron chi connectivity index (χ1n) is 9.65. The number of hydrogen-bond acceptors (Lipinski definition) is 5. The molecular formula is C20H22ClFN4O3. The molecular weight excluding hydrogens is 399 g/mol. The average molecular weight is 421 g/mol. The third-order valence-corrected chi connectivity index (χ3v) is 5.89. The van der Waals surface area contributed by atoms with Gasteiger partial charge in [0.2, 0.25) is 5.43 Å². The lowest BCUT2D eigenvalue weighted by Gasteiger charge is -2.30. The smallest absolute Gasteiger partial charge is 0.341 e. The standard InChI is InChI=1S/C20H22ClFN4O3/c1-23-9-15(21)11-4-6-25(7-5-11)19-16(22)8-13-17(27)14(20(28)29)10-26(12-2-3-12)18(13)24-19/h8,10,12,23H,2-7,9H2,1H3,(H,28,29). The molecule has 2 aromatic rings. The molecule has 0 amide bonds. The summed E-state index contributed by atoms with van der Waals surface area (Å²) in [5.74, 6) is -1.74. The maximum Gasteiger partial charge on any atom is 0.341 e. The molecule has 1 saturated heterocycles. The number of nitrogens with zero attached hydrogens (tertiary/aromatic N) is 3. The fraction of sp³-hybridized carbons (Fsp3) is 0.450. The molecule has 0 atom stereocenters. The maximum atomic E-state index is 14.9. The third-order valence-electron chi connectivity index (χ3n) is 5.49. The SMILES string of the molecule is CNCC(Cl)=C1CCN(c2nc3c(cc2F)c(=O)c(C(=O)O)cn3C2CC2)CC1. The molecule has 3 heterocycles. The van der Waals surface area contributed by atoms with E-state index in [1.807, 2.05) is 11.9 Å². The van der Waals surface area contributed by atoms with Gasteiger partial charge < -0.3 is 19.9 Å². The maximum absolute atomic E-state index is 14.9. The van der Waals surface area contributed by atoms with Crippen molar-refractivity contribution >= 4 is 34.4 Å². The lowest BCUT2D eigenvalue weighted by Crippen LogP contribution is -2.33. The quantitative estimate of drug-likeness (QED) is 0.773. The molecule has 154 valence electrons. The number of pyridine rings is 2. The molecule has 0 aromatic carbocycles. The Kier molecular flexibility index (Phi) is 5.31. The predicted octanol–water partition coefficient (Wildman–Crippen LogP) is 2.88. The normalized spacial score (nSPS) is 17.1.